The molecule has 0 amide bonds. The first-order valence-corrected chi connectivity index (χ1v) is 11.8. The maximum absolute atomic E-state index is 11.9. The van der Waals surface area contributed by atoms with Crippen LogP contribution in [0.4, 0.5) is 0 Å². The molecule has 0 aliphatic heterocycles. The van der Waals surface area contributed by atoms with Crippen molar-refractivity contribution < 1.29 is 23.8 Å². The molecular formula is C25H22N4O5S. The van der Waals surface area contributed by atoms with Gasteiger partial charge in [0.2, 0.25) is 15.9 Å². The number of aromatic nitrogens is 1. The second-order valence-corrected chi connectivity index (χ2v) is 9.24. The molecule has 35 heavy (non-hydrogen) atoms. The van der Waals surface area contributed by atoms with Gasteiger partial charge < -0.3 is 21.2 Å². The molecule has 1 aromatic heterocycles. The molecule has 4 aromatic rings. The van der Waals surface area contributed by atoms with E-state index in [4.69, 9.17) is 16.1 Å². The molecule has 0 saturated carbocycles. The highest BCUT2D eigenvalue weighted by Crippen LogP contribution is 2.38. The topological polar surface area (TPSA) is 164 Å². The van der Waals surface area contributed by atoms with Gasteiger partial charge in [0.1, 0.15) is 0 Å². The van der Waals surface area contributed by atoms with Crippen LogP contribution >= 0.6 is 0 Å². The average molecular weight is 491 g/mol. The van der Waals surface area contributed by atoms with Crippen LogP contribution in [0.15, 0.2) is 95.5 Å². The third kappa shape index (κ3) is 4.47. The van der Waals surface area contributed by atoms with Crippen LogP contribution in [-0.2, 0) is 10.0 Å². The second-order valence-electron chi connectivity index (χ2n) is 7.71. The van der Waals surface area contributed by atoms with Crippen molar-refractivity contribution in [2.24, 2.45) is 16.0 Å². The molecule has 0 atom stereocenters. The fraction of sp³-hybridized carbons (Fsp3) is 0. The van der Waals surface area contributed by atoms with Gasteiger partial charge in [-0.3, -0.25) is 4.57 Å². The molecule has 0 bridgehead atoms. The zero-order valence-electron chi connectivity index (χ0n) is 18.3. The Morgan fingerprint density at radius 3 is 2.23 bits per heavy atom. The summed E-state index contributed by atoms with van der Waals surface area (Å²) >= 11 is 0. The number of amidine groups is 1. The summed E-state index contributed by atoms with van der Waals surface area (Å²) < 4.78 is 25.1. The first kappa shape index (κ1) is 23.6. The van der Waals surface area contributed by atoms with Gasteiger partial charge in [-0.15, -0.1) is 0 Å². The van der Waals surface area contributed by atoms with E-state index in [9.17, 15) is 18.6 Å². The summed E-state index contributed by atoms with van der Waals surface area (Å²) in [4.78, 5) is -0.00731. The van der Waals surface area contributed by atoms with E-state index in [1.807, 2.05) is 0 Å². The van der Waals surface area contributed by atoms with Crippen molar-refractivity contribution in [1.82, 2.24) is 4.57 Å². The predicted octanol–water partition coefficient (Wildman–Crippen LogP) is 3.36. The van der Waals surface area contributed by atoms with Crippen LogP contribution in [0.2, 0.25) is 0 Å². The number of benzene rings is 3. The first-order chi connectivity index (χ1) is 16.6. The lowest BCUT2D eigenvalue weighted by Crippen LogP contribution is -2.13. The van der Waals surface area contributed by atoms with E-state index in [1.165, 1.54) is 16.7 Å². The second kappa shape index (κ2) is 9.01. The molecule has 0 radical (unpaired) electrons. The molecule has 0 fully saturated rings. The van der Waals surface area contributed by atoms with Crippen LogP contribution in [-0.4, -0.2) is 34.2 Å². The van der Waals surface area contributed by atoms with Gasteiger partial charge in [-0.25, -0.2) is 13.6 Å². The van der Waals surface area contributed by atoms with Crippen molar-refractivity contribution in [3.63, 3.8) is 0 Å². The molecule has 10 heteroatoms. The zero-order chi connectivity index (χ0) is 25.3. The summed E-state index contributed by atoms with van der Waals surface area (Å²) in [5.41, 5.74) is 8.86. The Hall–Kier alpha value is -4.54. The Bertz CT molecular complexity index is 1570. The molecule has 4 rings (SSSR count). The highest BCUT2D eigenvalue weighted by atomic mass is 32.2. The summed E-state index contributed by atoms with van der Waals surface area (Å²) in [5, 5.41) is 38.7. The summed E-state index contributed by atoms with van der Waals surface area (Å²) in [5.74, 6) is -0.559. The number of aromatic hydroxyl groups is 2. The van der Waals surface area contributed by atoms with Gasteiger partial charge in [0.15, 0.2) is 11.7 Å². The fourth-order valence-corrected chi connectivity index (χ4v) is 4.55. The van der Waals surface area contributed by atoms with E-state index in [1.54, 1.807) is 66.7 Å². The minimum absolute atomic E-state index is 0.00731. The van der Waals surface area contributed by atoms with Gasteiger partial charge in [-0.05, 0) is 41.0 Å². The lowest BCUT2D eigenvalue weighted by molar-refractivity contribution is 0.318. The molecule has 7 N–H and O–H groups in total. The Labute approximate surface area is 201 Å². The smallest absolute Gasteiger partial charge is 0.238 e. The monoisotopic (exact) mass is 490 g/mol. The van der Waals surface area contributed by atoms with Crippen molar-refractivity contribution in [3.8, 4) is 28.6 Å². The van der Waals surface area contributed by atoms with Gasteiger partial charge in [-0.1, -0.05) is 60.3 Å². The number of oxime groups is 1. The molecule has 9 nitrogen and oxygen atoms in total. The SMILES string of the molecule is C=C(c1cccc(/C(N)=N/O)c1)c1cc(O)n(-c2ccc(-c3ccccc3S(N)(=O)=O)cc2)c1O. The van der Waals surface area contributed by atoms with E-state index in [2.05, 4.69) is 11.7 Å². The van der Waals surface area contributed by atoms with Crippen LogP contribution < -0.4 is 10.9 Å². The third-order valence-corrected chi connectivity index (χ3v) is 6.49. The fourth-order valence-electron chi connectivity index (χ4n) is 3.79. The summed E-state index contributed by atoms with van der Waals surface area (Å²) in [6, 6.07) is 21.0. The number of nitrogens with zero attached hydrogens (tertiary/aromatic N) is 2. The van der Waals surface area contributed by atoms with E-state index in [0.717, 1.165) is 0 Å². The molecule has 1 heterocycles. The first-order valence-electron chi connectivity index (χ1n) is 10.3. The molecule has 0 aliphatic rings. The van der Waals surface area contributed by atoms with Crippen LogP contribution in [0.1, 0.15) is 16.7 Å². The summed E-state index contributed by atoms with van der Waals surface area (Å²) in [6.45, 7) is 4.02. The Balaban J connectivity index is 1.71. The summed E-state index contributed by atoms with van der Waals surface area (Å²) in [6.07, 6.45) is 0. The van der Waals surface area contributed by atoms with Crippen LogP contribution in [0.3, 0.4) is 0 Å². The van der Waals surface area contributed by atoms with Crippen molar-refractivity contribution in [2.45, 2.75) is 4.90 Å². The molecule has 0 saturated heterocycles. The zero-order valence-corrected chi connectivity index (χ0v) is 19.1. The molecule has 0 spiro atoms. The minimum Gasteiger partial charge on any atom is -0.494 e. The van der Waals surface area contributed by atoms with Crippen molar-refractivity contribution in [3.05, 3.63) is 102 Å². The predicted molar refractivity (Wildman–Crippen MR) is 133 cm³/mol. The number of sulfonamides is 1. The number of hydrogen-bond acceptors (Lipinski definition) is 6. The standard InChI is InChI=1S/C25H22N4O5S/c1-15(17-5-4-6-18(13-17)24(26)28-32)21-14-23(30)29(25(21)31)19-11-9-16(10-12-19)20-7-2-3-8-22(20)35(27,33)34/h2-14,30-32H,1H2,(H2,26,28)(H2,27,33,34). The number of nitrogens with two attached hydrogens (primary N) is 2. The van der Waals surface area contributed by atoms with Crippen LogP contribution in [0.25, 0.3) is 22.4 Å². The van der Waals surface area contributed by atoms with Gasteiger partial charge in [0.05, 0.1) is 10.6 Å². The lowest BCUT2D eigenvalue weighted by Gasteiger charge is -2.11. The van der Waals surface area contributed by atoms with E-state index in [0.29, 0.717) is 33.5 Å². The van der Waals surface area contributed by atoms with E-state index >= 15 is 0 Å². The molecule has 178 valence electrons. The largest absolute Gasteiger partial charge is 0.494 e. The molecule has 0 unspecified atom stereocenters. The summed E-state index contributed by atoms with van der Waals surface area (Å²) in [7, 11) is -3.92. The maximum atomic E-state index is 11.9. The molecule has 0 aliphatic carbocycles. The Kier molecular flexibility index (Phi) is 6.08. The Morgan fingerprint density at radius 2 is 1.57 bits per heavy atom. The van der Waals surface area contributed by atoms with Crippen molar-refractivity contribution in [1.29, 1.82) is 0 Å². The van der Waals surface area contributed by atoms with E-state index in [-0.39, 0.29) is 28.1 Å². The third-order valence-electron chi connectivity index (χ3n) is 5.52. The molecular weight excluding hydrogens is 468 g/mol. The minimum atomic E-state index is -3.92. The van der Waals surface area contributed by atoms with Crippen molar-refractivity contribution in [2.75, 3.05) is 0 Å². The normalized spacial score (nSPS) is 12.0. The quantitative estimate of drug-likeness (QED) is 0.120. The van der Waals surface area contributed by atoms with E-state index < -0.39 is 10.0 Å². The van der Waals surface area contributed by atoms with Crippen molar-refractivity contribution >= 4 is 21.4 Å². The lowest BCUT2D eigenvalue weighted by atomic mass is 9.99. The van der Waals surface area contributed by atoms with Gasteiger partial charge in [-0.2, -0.15) is 0 Å². The van der Waals surface area contributed by atoms with Crippen LogP contribution in [0.5, 0.6) is 11.8 Å². The highest BCUT2D eigenvalue weighted by molar-refractivity contribution is 7.89. The average Bonchev–Trinajstić information content (AvgIpc) is 3.16. The molecule has 3 aromatic carbocycles. The number of primary sulfonamides is 1. The van der Waals surface area contributed by atoms with Gasteiger partial charge in [0.25, 0.3) is 0 Å². The highest BCUT2D eigenvalue weighted by Gasteiger charge is 2.20. The Morgan fingerprint density at radius 1 is 0.914 bits per heavy atom. The maximum Gasteiger partial charge on any atom is 0.238 e. The van der Waals surface area contributed by atoms with Gasteiger partial charge in [0, 0.05) is 22.8 Å². The van der Waals surface area contributed by atoms with Gasteiger partial charge >= 0.3 is 0 Å². The number of rotatable bonds is 6. The van der Waals surface area contributed by atoms with Crippen LogP contribution in [0, 0.1) is 0 Å². The number of hydrogen-bond donors (Lipinski definition) is 5.